The molecule has 0 spiro atoms. The van der Waals surface area contributed by atoms with Crippen LogP contribution in [-0.2, 0) is 17.8 Å². The molecular weight excluding hydrogens is 398 g/mol. The fourth-order valence-electron chi connectivity index (χ4n) is 3.17. The smallest absolute Gasteiger partial charge is 0.237 e. The van der Waals surface area contributed by atoms with Crippen molar-refractivity contribution < 1.29 is 14.3 Å². The van der Waals surface area contributed by atoms with Crippen LogP contribution in [0.4, 0.5) is 4.39 Å². The predicted octanol–water partition coefficient (Wildman–Crippen LogP) is 4.22. The molecule has 0 bridgehead atoms. The van der Waals surface area contributed by atoms with Gasteiger partial charge in [0, 0.05) is 23.5 Å². The van der Waals surface area contributed by atoms with Crippen LogP contribution in [0.1, 0.15) is 23.3 Å². The number of hydrogen-bond donors (Lipinski definition) is 2. The van der Waals surface area contributed by atoms with Crippen molar-refractivity contribution in [3.8, 4) is 5.75 Å². The van der Waals surface area contributed by atoms with Gasteiger partial charge in [0.05, 0.1) is 15.4 Å². The lowest BCUT2D eigenvalue weighted by atomic mass is 10.1. The molecule has 1 atom stereocenters. The van der Waals surface area contributed by atoms with Crippen LogP contribution in [0.25, 0.3) is 0 Å². The van der Waals surface area contributed by atoms with E-state index in [0.717, 1.165) is 42.8 Å². The van der Waals surface area contributed by atoms with Crippen molar-refractivity contribution in [3.05, 3.63) is 49.9 Å². The summed E-state index contributed by atoms with van der Waals surface area (Å²) in [6.45, 7) is 1.58. The Hall–Kier alpha value is -1.34. The van der Waals surface area contributed by atoms with Crippen molar-refractivity contribution in [2.24, 2.45) is 0 Å². The number of likely N-dealkylation sites (tertiary alicyclic amines) is 1. The molecule has 4 nitrogen and oxygen atoms in total. The summed E-state index contributed by atoms with van der Waals surface area (Å²) in [5.41, 5.74) is 0.0952. The van der Waals surface area contributed by atoms with Crippen LogP contribution in [0.5, 0.6) is 5.75 Å². The average Bonchev–Trinajstić information content (AvgIpc) is 3.25. The van der Waals surface area contributed by atoms with Gasteiger partial charge in [0.2, 0.25) is 5.91 Å². The molecule has 2 aromatic rings. The van der Waals surface area contributed by atoms with E-state index in [1.165, 1.54) is 10.9 Å². The number of rotatable bonds is 6. The fourth-order valence-corrected chi connectivity index (χ4v) is 4.47. The molecule has 1 aliphatic rings. The van der Waals surface area contributed by atoms with Crippen molar-refractivity contribution in [3.63, 3.8) is 0 Å². The predicted molar refractivity (Wildman–Crippen MR) is 103 cm³/mol. The molecule has 0 saturated carbocycles. The Morgan fingerprint density at radius 2 is 2.15 bits per heavy atom. The standard InChI is InChI=1S/C18H19Cl2FN2O2S/c19-16-6-3-11(26-16)7-9-23-8-1-2-14(23)18(25)22-10-12-13(21)4-5-15(24)17(12)20/h3-6,14,24H,1-2,7-10H2,(H,22,25)/t14-/m0/s1. The van der Waals surface area contributed by atoms with Gasteiger partial charge in [0.25, 0.3) is 0 Å². The molecule has 0 radical (unpaired) electrons. The molecule has 1 saturated heterocycles. The molecule has 0 unspecified atom stereocenters. The summed E-state index contributed by atoms with van der Waals surface area (Å²) in [5, 5.41) is 12.3. The average molecular weight is 417 g/mol. The lowest BCUT2D eigenvalue weighted by molar-refractivity contribution is -0.125. The molecule has 26 heavy (non-hydrogen) atoms. The van der Waals surface area contributed by atoms with Gasteiger partial charge in [-0.1, -0.05) is 23.2 Å². The number of phenolic OH excluding ortho intramolecular Hbond substituents is 1. The van der Waals surface area contributed by atoms with Crippen LogP contribution in [0.15, 0.2) is 24.3 Å². The maximum absolute atomic E-state index is 13.9. The molecule has 1 aromatic carbocycles. The first-order chi connectivity index (χ1) is 12.5. The zero-order chi connectivity index (χ0) is 18.7. The maximum atomic E-state index is 13.9. The second kappa shape index (κ2) is 8.57. The zero-order valence-electron chi connectivity index (χ0n) is 14.0. The number of amides is 1. The summed E-state index contributed by atoms with van der Waals surface area (Å²) in [5.74, 6) is -0.897. The highest BCUT2D eigenvalue weighted by Gasteiger charge is 2.30. The van der Waals surface area contributed by atoms with Gasteiger partial charge in [-0.3, -0.25) is 9.69 Å². The van der Waals surface area contributed by atoms with E-state index >= 15 is 0 Å². The van der Waals surface area contributed by atoms with E-state index < -0.39 is 5.82 Å². The third-order valence-corrected chi connectivity index (χ3v) is 6.26. The molecule has 140 valence electrons. The molecule has 3 rings (SSSR count). The number of halogens is 3. The number of phenols is 1. The summed E-state index contributed by atoms with van der Waals surface area (Å²) in [6, 6.07) is 5.98. The Bertz CT molecular complexity index is 799. The van der Waals surface area contributed by atoms with Gasteiger partial charge < -0.3 is 10.4 Å². The molecule has 1 aromatic heterocycles. The lowest BCUT2D eigenvalue weighted by Crippen LogP contribution is -2.43. The Kier molecular flexibility index (Phi) is 6.40. The van der Waals surface area contributed by atoms with E-state index in [4.69, 9.17) is 23.2 Å². The van der Waals surface area contributed by atoms with Gasteiger partial charge in [-0.05, 0) is 50.1 Å². The van der Waals surface area contributed by atoms with Crippen molar-refractivity contribution in [2.75, 3.05) is 13.1 Å². The monoisotopic (exact) mass is 416 g/mol. The first-order valence-corrected chi connectivity index (χ1v) is 9.94. The van der Waals surface area contributed by atoms with Crippen LogP contribution < -0.4 is 5.32 Å². The zero-order valence-corrected chi connectivity index (χ0v) is 16.3. The van der Waals surface area contributed by atoms with Gasteiger partial charge in [-0.25, -0.2) is 4.39 Å². The number of nitrogens with one attached hydrogen (secondary N) is 1. The quantitative estimate of drug-likeness (QED) is 0.740. The second-order valence-corrected chi connectivity index (χ2v) is 8.40. The SMILES string of the molecule is O=C(NCc1c(F)ccc(O)c1Cl)[C@@H]1CCCN1CCc1ccc(Cl)s1. The number of carbonyl (C=O) groups is 1. The van der Waals surface area contributed by atoms with E-state index in [2.05, 4.69) is 10.2 Å². The summed E-state index contributed by atoms with van der Waals surface area (Å²) >= 11 is 13.4. The Morgan fingerprint density at radius 3 is 2.88 bits per heavy atom. The van der Waals surface area contributed by atoms with Gasteiger partial charge in [-0.15, -0.1) is 11.3 Å². The van der Waals surface area contributed by atoms with Crippen LogP contribution in [-0.4, -0.2) is 35.0 Å². The van der Waals surface area contributed by atoms with Crippen molar-refractivity contribution in [1.82, 2.24) is 10.2 Å². The van der Waals surface area contributed by atoms with Gasteiger partial charge in [0.1, 0.15) is 11.6 Å². The first-order valence-electron chi connectivity index (χ1n) is 8.37. The molecular formula is C18H19Cl2FN2O2S. The fraction of sp³-hybridized carbons (Fsp3) is 0.389. The third kappa shape index (κ3) is 4.49. The van der Waals surface area contributed by atoms with Crippen molar-refractivity contribution in [1.29, 1.82) is 0 Å². The minimum absolute atomic E-state index is 0.0528. The molecule has 8 heteroatoms. The third-order valence-electron chi connectivity index (χ3n) is 4.55. The van der Waals surface area contributed by atoms with E-state index in [0.29, 0.717) is 0 Å². The highest BCUT2D eigenvalue weighted by atomic mass is 35.5. The van der Waals surface area contributed by atoms with Crippen LogP contribution in [0.2, 0.25) is 9.36 Å². The van der Waals surface area contributed by atoms with E-state index in [9.17, 15) is 14.3 Å². The maximum Gasteiger partial charge on any atom is 0.237 e. The van der Waals surface area contributed by atoms with Crippen LogP contribution in [0.3, 0.4) is 0 Å². The van der Waals surface area contributed by atoms with Gasteiger partial charge >= 0.3 is 0 Å². The minimum Gasteiger partial charge on any atom is -0.506 e. The molecule has 2 heterocycles. The normalized spacial score (nSPS) is 17.6. The second-order valence-electron chi connectivity index (χ2n) is 6.23. The number of thiophene rings is 1. The number of carbonyl (C=O) groups excluding carboxylic acids is 1. The Balaban J connectivity index is 1.57. The summed E-state index contributed by atoms with van der Waals surface area (Å²) < 4.78 is 14.6. The van der Waals surface area contributed by atoms with E-state index in [1.807, 2.05) is 12.1 Å². The Morgan fingerprint density at radius 1 is 1.35 bits per heavy atom. The van der Waals surface area contributed by atoms with Crippen molar-refractivity contribution in [2.45, 2.75) is 31.8 Å². The summed E-state index contributed by atoms with van der Waals surface area (Å²) in [7, 11) is 0. The highest BCUT2D eigenvalue weighted by Crippen LogP contribution is 2.29. The van der Waals surface area contributed by atoms with Gasteiger partial charge in [-0.2, -0.15) is 0 Å². The largest absolute Gasteiger partial charge is 0.506 e. The number of nitrogens with zero attached hydrogens (tertiary/aromatic N) is 1. The highest BCUT2D eigenvalue weighted by molar-refractivity contribution is 7.16. The number of aromatic hydroxyl groups is 1. The lowest BCUT2D eigenvalue weighted by Gasteiger charge is -2.23. The summed E-state index contributed by atoms with van der Waals surface area (Å²) in [4.78, 5) is 15.9. The van der Waals surface area contributed by atoms with Gasteiger partial charge in [0.15, 0.2) is 0 Å². The molecule has 1 aliphatic heterocycles. The van der Waals surface area contributed by atoms with Crippen LogP contribution in [0, 0.1) is 5.82 Å². The van der Waals surface area contributed by atoms with Crippen LogP contribution >= 0.6 is 34.5 Å². The number of hydrogen-bond acceptors (Lipinski definition) is 4. The first kappa shape index (κ1) is 19.4. The minimum atomic E-state index is -0.550. The molecule has 2 N–H and O–H groups in total. The van der Waals surface area contributed by atoms with E-state index in [1.54, 1.807) is 11.3 Å². The van der Waals surface area contributed by atoms with Crippen molar-refractivity contribution >= 4 is 40.4 Å². The van der Waals surface area contributed by atoms with E-state index in [-0.39, 0.29) is 34.8 Å². The topological polar surface area (TPSA) is 52.6 Å². The summed E-state index contributed by atoms with van der Waals surface area (Å²) in [6.07, 6.45) is 2.56. The molecule has 0 aliphatic carbocycles. The molecule has 1 amide bonds. The number of benzene rings is 1. The molecule has 1 fully saturated rings. The Labute approximate surface area is 165 Å².